The van der Waals surface area contributed by atoms with Crippen LogP contribution in [0.2, 0.25) is 0 Å². The predicted molar refractivity (Wildman–Crippen MR) is 47.1 cm³/mol. The first kappa shape index (κ1) is 11.4. The first-order valence-electron chi connectivity index (χ1n) is 3.97. The first-order valence-corrected chi connectivity index (χ1v) is 3.97. The van der Waals surface area contributed by atoms with Crippen molar-refractivity contribution in [2.24, 2.45) is 10.7 Å². The van der Waals surface area contributed by atoms with Crippen LogP contribution in [0.1, 0.15) is 11.1 Å². The fourth-order valence-electron chi connectivity index (χ4n) is 1.13. The normalized spacial score (nSPS) is 10.9. The summed E-state index contributed by atoms with van der Waals surface area (Å²) in [6.07, 6.45) is -3.32. The van der Waals surface area contributed by atoms with Gasteiger partial charge in [0.15, 0.2) is 0 Å². The number of hydrogen-bond donors (Lipinski definition) is 1. The summed E-state index contributed by atoms with van der Waals surface area (Å²) in [5, 5.41) is 0. The zero-order valence-electron chi connectivity index (χ0n) is 7.51. The summed E-state index contributed by atoms with van der Waals surface area (Å²) in [4.78, 5) is 13.0. The van der Waals surface area contributed by atoms with E-state index in [1.54, 1.807) is 0 Å². The highest BCUT2D eigenvalue weighted by Crippen LogP contribution is 2.34. The van der Waals surface area contributed by atoms with Gasteiger partial charge in [-0.1, -0.05) is 6.07 Å². The summed E-state index contributed by atoms with van der Waals surface area (Å²) in [5.74, 6) is 0. The van der Waals surface area contributed by atoms with Gasteiger partial charge in [-0.05, 0) is 17.7 Å². The summed E-state index contributed by atoms with van der Waals surface area (Å²) in [6.45, 7) is -0.222. The van der Waals surface area contributed by atoms with Gasteiger partial charge in [-0.3, -0.25) is 0 Å². The van der Waals surface area contributed by atoms with Crippen LogP contribution in [0.3, 0.4) is 0 Å². The van der Waals surface area contributed by atoms with Crippen LogP contribution in [0.4, 0.5) is 18.9 Å². The summed E-state index contributed by atoms with van der Waals surface area (Å²) in [6, 6.07) is 3.24. The van der Waals surface area contributed by atoms with E-state index in [9.17, 15) is 18.0 Å². The molecule has 0 bridgehead atoms. The molecule has 0 saturated heterocycles. The maximum atomic E-state index is 12.5. The zero-order valence-corrected chi connectivity index (χ0v) is 7.51. The molecule has 15 heavy (non-hydrogen) atoms. The van der Waals surface area contributed by atoms with Crippen LogP contribution >= 0.6 is 0 Å². The van der Waals surface area contributed by atoms with Gasteiger partial charge in [-0.2, -0.15) is 18.2 Å². The Kier molecular flexibility index (Phi) is 3.24. The largest absolute Gasteiger partial charge is 0.416 e. The number of halogens is 3. The molecule has 0 fully saturated rings. The van der Waals surface area contributed by atoms with Gasteiger partial charge in [0.05, 0.1) is 11.3 Å². The molecular weight excluding hydrogens is 209 g/mol. The van der Waals surface area contributed by atoms with Gasteiger partial charge in [0.1, 0.15) is 0 Å². The van der Waals surface area contributed by atoms with Gasteiger partial charge in [-0.15, -0.1) is 0 Å². The van der Waals surface area contributed by atoms with Gasteiger partial charge in [-0.25, -0.2) is 4.79 Å². The van der Waals surface area contributed by atoms with Crippen LogP contribution in [0.5, 0.6) is 0 Å². The molecule has 2 N–H and O–H groups in total. The maximum Gasteiger partial charge on any atom is 0.416 e. The van der Waals surface area contributed by atoms with Crippen molar-refractivity contribution in [3.63, 3.8) is 0 Å². The van der Waals surface area contributed by atoms with E-state index in [1.807, 2.05) is 0 Å². The molecule has 0 unspecified atom stereocenters. The van der Waals surface area contributed by atoms with Gasteiger partial charge in [0, 0.05) is 6.54 Å². The lowest BCUT2D eigenvalue weighted by atomic mass is 10.1. The van der Waals surface area contributed by atoms with E-state index in [2.05, 4.69) is 4.99 Å². The van der Waals surface area contributed by atoms with Crippen molar-refractivity contribution in [1.82, 2.24) is 0 Å². The molecule has 0 saturated carbocycles. The molecule has 0 aliphatic carbocycles. The number of nitrogens with zero attached hydrogens (tertiary/aromatic N) is 1. The molecular formula is C9H7F3N2O. The Balaban J connectivity index is 3.31. The third kappa shape index (κ3) is 2.65. The Bertz CT molecular complexity index is 408. The second-order valence-electron chi connectivity index (χ2n) is 2.75. The second-order valence-corrected chi connectivity index (χ2v) is 2.75. The SMILES string of the molecule is NCc1ccc(N=C=O)cc1C(F)(F)F. The summed E-state index contributed by atoms with van der Waals surface area (Å²) >= 11 is 0. The van der Waals surface area contributed by atoms with E-state index in [0.717, 1.165) is 6.07 Å². The van der Waals surface area contributed by atoms with Crippen molar-refractivity contribution >= 4 is 11.8 Å². The van der Waals surface area contributed by atoms with Crippen LogP contribution in [0.25, 0.3) is 0 Å². The van der Waals surface area contributed by atoms with Gasteiger partial charge < -0.3 is 5.73 Å². The number of alkyl halides is 3. The molecule has 1 rings (SSSR count). The molecule has 0 aliphatic heterocycles. The van der Waals surface area contributed by atoms with E-state index < -0.39 is 11.7 Å². The van der Waals surface area contributed by atoms with E-state index in [4.69, 9.17) is 5.73 Å². The molecule has 0 spiro atoms. The smallest absolute Gasteiger partial charge is 0.326 e. The Labute approximate surface area is 83.4 Å². The number of benzene rings is 1. The van der Waals surface area contributed by atoms with Crippen LogP contribution in [0, 0.1) is 0 Å². The number of rotatable bonds is 2. The fraction of sp³-hybridized carbons (Fsp3) is 0.222. The number of carbonyl (C=O) groups excluding carboxylic acids is 1. The van der Waals surface area contributed by atoms with Crippen LogP contribution in [0.15, 0.2) is 23.2 Å². The van der Waals surface area contributed by atoms with Crippen molar-refractivity contribution in [2.75, 3.05) is 0 Å². The number of aliphatic imine (C=N–C) groups is 1. The average molecular weight is 216 g/mol. The van der Waals surface area contributed by atoms with Gasteiger partial charge in [0.25, 0.3) is 0 Å². The summed E-state index contributed by atoms with van der Waals surface area (Å²) in [5.41, 5.74) is 4.17. The molecule has 1 aromatic carbocycles. The Morgan fingerprint density at radius 2 is 2.07 bits per heavy atom. The fourth-order valence-corrected chi connectivity index (χ4v) is 1.13. The molecule has 0 heterocycles. The maximum absolute atomic E-state index is 12.5. The molecule has 0 atom stereocenters. The topological polar surface area (TPSA) is 55.4 Å². The number of nitrogens with two attached hydrogens (primary N) is 1. The standard InChI is InChI=1S/C9H7F3N2O/c10-9(11,12)8-3-7(14-5-15)2-1-6(8)4-13/h1-3H,4,13H2. The third-order valence-electron chi connectivity index (χ3n) is 1.79. The Hall–Kier alpha value is -1.65. The van der Waals surface area contributed by atoms with Crippen molar-refractivity contribution in [3.8, 4) is 0 Å². The number of isocyanates is 1. The molecule has 1 aromatic rings. The first-order chi connectivity index (χ1) is 6.99. The van der Waals surface area contributed by atoms with E-state index in [0.29, 0.717) is 0 Å². The molecule has 0 radical (unpaired) electrons. The van der Waals surface area contributed by atoms with E-state index in [-0.39, 0.29) is 17.8 Å². The highest BCUT2D eigenvalue weighted by atomic mass is 19.4. The monoisotopic (exact) mass is 216 g/mol. The third-order valence-corrected chi connectivity index (χ3v) is 1.79. The average Bonchev–Trinajstić information content (AvgIpc) is 2.17. The van der Waals surface area contributed by atoms with Crippen molar-refractivity contribution in [2.45, 2.75) is 12.7 Å². The van der Waals surface area contributed by atoms with E-state index >= 15 is 0 Å². The quantitative estimate of drug-likeness (QED) is 0.608. The lowest BCUT2D eigenvalue weighted by molar-refractivity contribution is -0.138. The second kappa shape index (κ2) is 4.25. The Morgan fingerprint density at radius 1 is 1.40 bits per heavy atom. The molecule has 0 amide bonds. The van der Waals surface area contributed by atoms with Crippen molar-refractivity contribution in [1.29, 1.82) is 0 Å². The number of hydrogen-bond acceptors (Lipinski definition) is 3. The van der Waals surface area contributed by atoms with Crippen molar-refractivity contribution < 1.29 is 18.0 Å². The van der Waals surface area contributed by atoms with Crippen molar-refractivity contribution in [3.05, 3.63) is 29.3 Å². The molecule has 0 aliphatic rings. The molecule has 3 nitrogen and oxygen atoms in total. The molecule has 0 aromatic heterocycles. The summed E-state index contributed by atoms with van der Waals surface area (Å²) in [7, 11) is 0. The van der Waals surface area contributed by atoms with Gasteiger partial charge >= 0.3 is 6.18 Å². The highest BCUT2D eigenvalue weighted by molar-refractivity contribution is 5.52. The van der Waals surface area contributed by atoms with Crippen LogP contribution < -0.4 is 5.73 Å². The predicted octanol–water partition coefficient (Wildman–Crippen LogP) is 2.13. The Morgan fingerprint density at radius 3 is 2.53 bits per heavy atom. The minimum Gasteiger partial charge on any atom is -0.326 e. The minimum absolute atomic E-state index is 0.0349. The van der Waals surface area contributed by atoms with Crippen LogP contribution in [-0.2, 0) is 17.5 Å². The summed E-state index contributed by atoms with van der Waals surface area (Å²) < 4.78 is 37.4. The minimum atomic E-state index is -4.50. The van der Waals surface area contributed by atoms with Gasteiger partial charge in [0.2, 0.25) is 6.08 Å². The lowest BCUT2D eigenvalue weighted by Crippen LogP contribution is -2.11. The molecule has 80 valence electrons. The van der Waals surface area contributed by atoms with Crippen LogP contribution in [-0.4, -0.2) is 6.08 Å². The lowest BCUT2D eigenvalue weighted by Gasteiger charge is -2.11. The zero-order chi connectivity index (χ0) is 11.5. The van der Waals surface area contributed by atoms with E-state index in [1.165, 1.54) is 18.2 Å². The highest BCUT2D eigenvalue weighted by Gasteiger charge is 2.33. The molecule has 6 heteroatoms.